The van der Waals surface area contributed by atoms with E-state index in [1.165, 1.54) is 12.2 Å². The molecule has 0 fully saturated rings. The average Bonchev–Trinajstić information content (AvgIpc) is 3.83. The van der Waals surface area contributed by atoms with E-state index in [1.807, 2.05) is 72.8 Å². The standard InChI is InChI=1S/C30H28N6O2.2C2HF3O2/c37-27(35-25-11-7-23(8-12-25)29-31-17-18-32-29)15-5-21-1-2-22(4-3-21)6-16-28(38)36-26-13-9-24(10-14-26)30-33-19-20-34-30;2*3-2(4,5)1(6)7/h1-16H,17-20H2,(H,31,32)(H,33,34)(H,35,37)(H,36,38);2*(H,6,7). The molecule has 52 heavy (non-hydrogen) atoms. The normalized spacial score (nSPS) is 13.7. The topological polar surface area (TPSA) is 182 Å². The van der Waals surface area contributed by atoms with E-state index < -0.39 is 24.3 Å². The summed E-state index contributed by atoms with van der Waals surface area (Å²) < 4.78 is 63.5. The van der Waals surface area contributed by atoms with Crippen LogP contribution in [0.2, 0.25) is 0 Å². The molecule has 0 radical (unpaired) electrons. The second-order valence-electron chi connectivity index (χ2n) is 10.4. The number of hydrogen-bond acceptors (Lipinski definition) is 8. The molecule has 0 saturated heterocycles. The molecular formula is C34H30F6N6O6. The largest absolute Gasteiger partial charge is 0.490 e. The number of amides is 2. The number of halogens is 6. The Kier molecular flexibility index (Phi) is 14.2. The number of carbonyl (C=O) groups is 4. The van der Waals surface area contributed by atoms with Gasteiger partial charge < -0.3 is 31.5 Å². The van der Waals surface area contributed by atoms with Gasteiger partial charge >= 0.3 is 24.3 Å². The molecule has 0 aromatic heterocycles. The molecule has 274 valence electrons. The maximum Gasteiger partial charge on any atom is 0.490 e. The Morgan fingerprint density at radius 3 is 1.13 bits per heavy atom. The fourth-order valence-electron chi connectivity index (χ4n) is 4.04. The Bertz CT molecular complexity index is 1700. The highest BCUT2D eigenvalue weighted by Crippen LogP contribution is 2.15. The summed E-state index contributed by atoms with van der Waals surface area (Å²) in [5.74, 6) is -4.16. The zero-order valence-corrected chi connectivity index (χ0v) is 26.8. The van der Waals surface area contributed by atoms with Crippen LogP contribution in [-0.4, -0.2) is 84.2 Å². The van der Waals surface area contributed by atoms with Crippen molar-refractivity contribution < 1.29 is 55.7 Å². The van der Waals surface area contributed by atoms with Crippen LogP contribution < -0.4 is 21.3 Å². The van der Waals surface area contributed by atoms with Crippen LogP contribution in [0.3, 0.4) is 0 Å². The summed E-state index contributed by atoms with van der Waals surface area (Å²) in [6.45, 7) is 3.29. The lowest BCUT2D eigenvalue weighted by molar-refractivity contribution is -0.193. The SMILES string of the molecule is O=C(C=Cc1ccc(C=CC(=O)Nc2ccc(C3=NCCN3)cc2)cc1)Nc1ccc(C2=NCCN2)cc1.O=C(O)C(F)(F)F.O=C(O)C(F)(F)F. The minimum absolute atomic E-state index is 0.213. The summed E-state index contributed by atoms with van der Waals surface area (Å²) in [6.07, 6.45) is -3.68. The van der Waals surface area contributed by atoms with Gasteiger partial charge in [0, 0.05) is 47.7 Å². The highest BCUT2D eigenvalue weighted by atomic mass is 19.4. The van der Waals surface area contributed by atoms with Crippen molar-refractivity contribution in [3.8, 4) is 0 Å². The summed E-state index contributed by atoms with van der Waals surface area (Å²) in [5, 5.41) is 26.4. The van der Waals surface area contributed by atoms with E-state index in [0.717, 1.165) is 71.5 Å². The van der Waals surface area contributed by atoms with Gasteiger partial charge in [0.2, 0.25) is 11.8 Å². The Morgan fingerprint density at radius 2 is 0.885 bits per heavy atom. The first-order chi connectivity index (χ1) is 24.5. The van der Waals surface area contributed by atoms with Gasteiger partial charge in [-0.25, -0.2) is 9.59 Å². The molecule has 3 aromatic carbocycles. The maximum atomic E-state index is 12.3. The third-order valence-corrected chi connectivity index (χ3v) is 6.48. The molecule has 0 saturated carbocycles. The van der Waals surface area contributed by atoms with Crippen molar-refractivity contribution >= 4 is 59.0 Å². The highest BCUT2D eigenvalue weighted by molar-refractivity contribution is 6.04. The van der Waals surface area contributed by atoms with Crippen LogP contribution in [0.15, 0.2) is 94.9 Å². The van der Waals surface area contributed by atoms with Gasteiger partial charge in [-0.05, 0) is 71.8 Å². The number of nitrogens with one attached hydrogen (secondary N) is 4. The number of carboxylic acid groups (broad SMARTS) is 2. The van der Waals surface area contributed by atoms with Crippen molar-refractivity contribution in [1.29, 1.82) is 0 Å². The van der Waals surface area contributed by atoms with Gasteiger partial charge in [-0.1, -0.05) is 24.3 Å². The molecule has 0 spiro atoms. The second-order valence-corrected chi connectivity index (χ2v) is 10.4. The molecule has 18 heteroatoms. The number of amidine groups is 2. The van der Waals surface area contributed by atoms with E-state index in [1.54, 1.807) is 12.2 Å². The molecule has 0 aliphatic carbocycles. The minimum Gasteiger partial charge on any atom is -0.475 e. The second kappa shape index (κ2) is 18.5. The van der Waals surface area contributed by atoms with Gasteiger partial charge in [-0.15, -0.1) is 0 Å². The zero-order chi connectivity index (χ0) is 38.3. The van der Waals surface area contributed by atoms with Gasteiger partial charge in [0.05, 0.1) is 13.1 Å². The number of anilines is 2. The summed E-state index contributed by atoms with van der Waals surface area (Å²) in [6, 6.07) is 22.7. The van der Waals surface area contributed by atoms with E-state index in [4.69, 9.17) is 19.8 Å². The lowest BCUT2D eigenvalue weighted by Gasteiger charge is -2.05. The fourth-order valence-corrected chi connectivity index (χ4v) is 4.04. The van der Waals surface area contributed by atoms with Crippen LogP contribution in [0.4, 0.5) is 37.7 Å². The number of carboxylic acids is 2. The molecule has 2 aliphatic heterocycles. The number of aliphatic carboxylic acids is 2. The molecule has 0 bridgehead atoms. The van der Waals surface area contributed by atoms with Crippen LogP contribution >= 0.6 is 0 Å². The molecule has 3 aromatic rings. The van der Waals surface area contributed by atoms with E-state index >= 15 is 0 Å². The van der Waals surface area contributed by atoms with Crippen molar-refractivity contribution in [2.24, 2.45) is 9.98 Å². The molecule has 5 rings (SSSR count). The van der Waals surface area contributed by atoms with Crippen LogP contribution in [-0.2, 0) is 19.2 Å². The van der Waals surface area contributed by atoms with Crippen LogP contribution in [0.25, 0.3) is 12.2 Å². The minimum atomic E-state index is -5.08. The summed E-state index contributed by atoms with van der Waals surface area (Å²) in [5.41, 5.74) is 5.20. The van der Waals surface area contributed by atoms with E-state index in [9.17, 15) is 35.9 Å². The Hall–Kier alpha value is -6.46. The molecule has 2 amide bonds. The summed E-state index contributed by atoms with van der Waals surface area (Å²) in [4.78, 5) is 51.2. The number of alkyl halides is 6. The Labute approximate surface area is 291 Å². The van der Waals surface area contributed by atoms with E-state index in [-0.39, 0.29) is 11.8 Å². The fraction of sp³-hybridized carbons (Fsp3) is 0.176. The molecule has 0 atom stereocenters. The molecule has 2 heterocycles. The lowest BCUT2D eigenvalue weighted by Crippen LogP contribution is -2.21. The molecule has 2 aliphatic rings. The molecular weight excluding hydrogens is 702 g/mol. The lowest BCUT2D eigenvalue weighted by atomic mass is 10.1. The monoisotopic (exact) mass is 732 g/mol. The van der Waals surface area contributed by atoms with Gasteiger partial charge in [0.25, 0.3) is 0 Å². The van der Waals surface area contributed by atoms with Crippen molar-refractivity contribution in [3.05, 3.63) is 107 Å². The quantitative estimate of drug-likeness (QED) is 0.139. The van der Waals surface area contributed by atoms with Gasteiger partial charge in [-0.3, -0.25) is 19.6 Å². The molecule has 6 N–H and O–H groups in total. The predicted molar refractivity (Wildman–Crippen MR) is 181 cm³/mol. The Morgan fingerprint density at radius 1 is 0.577 bits per heavy atom. The van der Waals surface area contributed by atoms with Gasteiger partial charge in [0.15, 0.2) is 0 Å². The van der Waals surface area contributed by atoms with E-state index in [0.29, 0.717) is 0 Å². The first-order valence-electron chi connectivity index (χ1n) is 15.0. The van der Waals surface area contributed by atoms with Crippen molar-refractivity contribution in [2.45, 2.75) is 12.4 Å². The smallest absolute Gasteiger partial charge is 0.475 e. The first kappa shape index (κ1) is 40.0. The van der Waals surface area contributed by atoms with Crippen LogP contribution in [0.5, 0.6) is 0 Å². The number of benzene rings is 3. The number of hydrogen-bond donors (Lipinski definition) is 6. The number of carbonyl (C=O) groups excluding carboxylic acids is 2. The molecule has 0 unspecified atom stereocenters. The van der Waals surface area contributed by atoms with Crippen molar-refractivity contribution in [3.63, 3.8) is 0 Å². The zero-order valence-electron chi connectivity index (χ0n) is 26.8. The molecule has 12 nitrogen and oxygen atoms in total. The number of rotatable bonds is 8. The van der Waals surface area contributed by atoms with Crippen LogP contribution in [0, 0.1) is 0 Å². The summed E-state index contributed by atoms with van der Waals surface area (Å²) >= 11 is 0. The van der Waals surface area contributed by atoms with E-state index in [2.05, 4.69) is 31.3 Å². The first-order valence-corrected chi connectivity index (χ1v) is 15.0. The van der Waals surface area contributed by atoms with Crippen molar-refractivity contribution in [1.82, 2.24) is 10.6 Å². The van der Waals surface area contributed by atoms with Gasteiger partial charge in [-0.2, -0.15) is 26.3 Å². The van der Waals surface area contributed by atoms with Gasteiger partial charge in [0.1, 0.15) is 11.7 Å². The number of aliphatic imine (C=N–C) groups is 2. The third kappa shape index (κ3) is 13.8. The number of nitrogens with zero attached hydrogens (tertiary/aromatic N) is 2. The highest BCUT2D eigenvalue weighted by Gasteiger charge is 2.38. The maximum absolute atomic E-state index is 12.3. The average molecular weight is 733 g/mol. The third-order valence-electron chi connectivity index (χ3n) is 6.48. The van der Waals surface area contributed by atoms with Crippen LogP contribution in [0.1, 0.15) is 22.3 Å². The Balaban J connectivity index is 0.000000441. The summed E-state index contributed by atoms with van der Waals surface area (Å²) in [7, 11) is 0. The predicted octanol–water partition coefficient (Wildman–Crippen LogP) is 4.96. The van der Waals surface area contributed by atoms with Crippen molar-refractivity contribution in [2.75, 3.05) is 36.8 Å².